The molecule has 1 aromatic carbocycles. The lowest BCUT2D eigenvalue weighted by atomic mass is 10.2. The molecule has 0 fully saturated rings. The number of carbonyl (C=O) groups is 2. The number of nitrogens with one attached hydrogen (secondary N) is 2. The zero-order chi connectivity index (χ0) is 16.1. The lowest BCUT2D eigenvalue weighted by Gasteiger charge is -2.07. The van der Waals surface area contributed by atoms with Gasteiger partial charge in [0.1, 0.15) is 11.5 Å². The van der Waals surface area contributed by atoms with Gasteiger partial charge < -0.3 is 25.3 Å². The molecule has 2 aromatic rings. The Labute approximate surface area is 134 Å². The maximum Gasteiger partial charge on any atom is 0.287 e. The number of hydrogen-bond donors (Lipinski definition) is 4. The van der Waals surface area contributed by atoms with Crippen molar-refractivity contribution >= 4 is 27.7 Å². The van der Waals surface area contributed by atoms with Gasteiger partial charge in [-0.25, -0.2) is 0 Å². The molecular formula is C14H13BrN2O5. The van der Waals surface area contributed by atoms with E-state index in [1.165, 1.54) is 18.2 Å². The van der Waals surface area contributed by atoms with Gasteiger partial charge in [0.25, 0.3) is 11.8 Å². The Morgan fingerprint density at radius 1 is 1.00 bits per heavy atom. The average molecular weight is 369 g/mol. The van der Waals surface area contributed by atoms with Crippen LogP contribution in [0.5, 0.6) is 11.5 Å². The van der Waals surface area contributed by atoms with Crippen molar-refractivity contribution in [3.63, 3.8) is 0 Å². The lowest BCUT2D eigenvalue weighted by Crippen LogP contribution is -2.34. The highest BCUT2D eigenvalue weighted by Gasteiger charge is 2.11. The number of carbonyl (C=O) groups excluding carboxylic acids is 2. The van der Waals surface area contributed by atoms with Gasteiger partial charge in [0.2, 0.25) is 0 Å². The summed E-state index contributed by atoms with van der Waals surface area (Å²) in [5, 5.41) is 23.7. The zero-order valence-electron chi connectivity index (χ0n) is 11.3. The van der Waals surface area contributed by atoms with E-state index < -0.39 is 11.8 Å². The minimum Gasteiger partial charge on any atom is -0.508 e. The molecule has 2 amide bonds. The van der Waals surface area contributed by atoms with Crippen molar-refractivity contribution in [1.82, 2.24) is 10.6 Å². The fourth-order valence-electron chi connectivity index (χ4n) is 1.70. The number of aromatic hydroxyl groups is 2. The van der Waals surface area contributed by atoms with E-state index in [2.05, 4.69) is 26.6 Å². The summed E-state index contributed by atoms with van der Waals surface area (Å²) in [4.78, 5) is 23.5. The predicted octanol–water partition coefficient (Wildman–Crippen LogP) is 1.61. The minimum absolute atomic E-state index is 0.124. The van der Waals surface area contributed by atoms with Crippen LogP contribution < -0.4 is 10.6 Å². The van der Waals surface area contributed by atoms with Crippen LogP contribution in [0.25, 0.3) is 0 Å². The van der Waals surface area contributed by atoms with Crippen LogP contribution in [-0.4, -0.2) is 35.1 Å². The molecule has 2 rings (SSSR count). The van der Waals surface area contributed by atoms with Crippen molar-refractivity contribution in [1.29, 1.82) is 0 Å². The minimum atomic E-state index is -0.471. The number of halogens is 1. The quantitative estimate of drug-likeness (QED) is 0.599. The van der Waals surface area contributed by atoms with Gasteiger partial charge in [-0.1, -0.05) is 0 Å². The normalized spacial score (nSPS) is 10.2. The van der Waals surface area contributed by atoms with E-state index in [9.17, 15) is 19.8 Å². The molecule has 22 heavy (non-hydrogen) atoms. The molecule has 7 nitrogen and oxygen atoms in total. The molecule has 0 saturated heterocycles. The predicted molar refractivity (Wildman–Crippen MR) is 80.8 cm³/mol. The van der Waals surface area contributed by atoms with E-state index in [1.807, 2.05) is 0 Å². The molecular weight excluding hydrogens is 356 g/mol. The van der Waals surface area contributed by atoms with Crippen molar-refractivity contribution < 1.29 is 24.2 Å². The summed E-state index contributed by atoms with van der Waals surface area (Å²) in [6.07, 6.45) is 0. The maximum absolute atomic E-state index is 11.8. The first-order valence-corrected chi connectivity index (χ1v) is 7.10. The van der Waals surface area contributed by atoms with Crippen LogP contribution in [0.3, 0.4) is 0 Å². The molecule has 1 heterocycles. The van der Waals surface area contributed by atoms with Gasteiger partial charge in [0.15, 0.2) is 10.4 Å². The summed E-state index contributed by atoms with van der Waals surface area (Å²) < 4.78 is 5.53. The number of phenols is 2. The Bertz CT molecular complexity index is 678. The van der Waals surface area contributed by atoms with Crippen LogP contribution in [0.2, 0.25) is 0 Å². The van der Waals surface area contributed by atoms with Crippen molar-refractivity contribution in [3.05, 3.63) is 46.3 Å². The number of furan rings is 1. The van der Waals surface area contributed by atoms with Crippen LogP contribution in [0.15, 0.2) is 39.4 Å². The topological polar surface area (TPSA) is 112 Å². The molecule has 0 unspecified atom stereocenters. The molecule has 8 heteroatoms. The Morgan fingerprint density at radius 2 is 1.59 bits per heavy atom. The summed E-state index contributed by atoms with van der Waals surface area (Å²) in [5.41, 5.74) is 0.124. The van der Waals surface area contributed by atoms with Gasteiger partial charge in [-0.15, -0.1) is 0 Å². The molecule has 0 aliphatic carbocycles. The highest BCUT2D eigenvalue weighted by Crippen LogP contribution is 2.20. The SMILES string of the molecule is O=C(NCCNC(=O)c1ccc(Br)o1)c1cc(O)cc(O)c1. The monoisotopic (exact) mass is 368 g/mol. The number of rotatable bonds is 5. The summed E-state index contributed by atoms with van der Waals surface area (Å²) in [5.74, 6) is -1.11. The van der Waals surface area contributed by atoms with Gasteiger partial charge in [0, 0.05) is 24.7 Å². The number of amides is 2. The molecule has 1 aromatic heterocycles. The van der Waals surface area contributed by atoms with Gasteiger partial charge in [-0.05, 0) is 40.2 Å². The van der Waals surface area contributed by atoms with Crippen LogP contribution in [0.4, 0.5) is 0 Å². The summed E-state index contributed by atoms with van der Waals surface area (Å²) in [7, 11) is 0. The molecule has 0 saturated carbocycles. The van der Waals surface area contributed by atoms with Crippen molar-refractivity contribution in [2.24, 2.45) is 0 Å². The van der Waals surface area contributed by atoms with Crippen LogP contribution >= 0.6 is 15.9 Å². The van der Waals surface area contributed by atoms with Crippen LogP contribution in [0.1, 0.15) is 20.9 Å². The van der Waals surface area contributed by atoms with Crippen LogP contribution in [-0.2, 0) is 0 Å². The van der Waals surface area contributed by atoms with E-state index in [4.69, 9.17) is 4.42 Å². The third-order valence-corrected chi connectivity index (χ3v) is 3.08. The summed E-state index contributed by atoms with van der Waals surface area (Å²) >= 11 is 3.09. The van der Waals surface area contributed by atoms with Crippen molar-refractivity contribution in [2.45, 2.75) is 0 Å². The fraction of sp³-hybridized carbons (Fsp3) is 0.143. The van der Waals surface area contributed by atoms with E-state index >= 15 is 0 Å². The molecule has 0 radical (unpaired) electrons. The van der Waals surface area contributed by atoms with Gasteiger partial charge in [-0.2, -0.15) is 0 Å². The number of hydrogen-bond acceptors (Lipinski definition) is 5. The second-order valence-corrected chi connectivity index (χ2v) is 5.14. The molecule has 0 spiro atoms. The third-order valence-electron chi connectivity index (χ3n) is 2.66. The van der Waals surface area contributed by atoms with Gasteiger partial charge in [0.05, 0.1) is 0 Å². The Kier molecular flexibility index (Phi) is 5.05. The standard InChI is InChI=1S/C14H13BrN2O5/c15-12-2-1-11(22-12)14(21)17-4-3-16-13(20)8-5-9(18)7-10(19)6-8/h1-2,5-7,18-19H,3-4H2,(H,16,20)(H,17,21). The molecule has 116 valence electrons. The molecule has 0 bridgehead atoms. The first-order chi connectivity index (χ1) is 10.5. The van der Waals surface area contributed by atoms with Gasteiger partial charge in [-0.3, -0.25) is 9.59 Å². The summed E-state index contributed by atoms with van der Waals surface area (Å²) in [6.45, 7) is 0.385. The van der Waals surface area contributed by atoms with E-state index in [0.29, 0.717) is 4.67 Å². The fourth-order valence-corrected chi connectivity index (χ4v) is 2.01. The van der Waals surface area contributed by atoms with E-state index in [0.717, 1.165) is 6.07 Å². The highest BCUT2D eigenvalue weighted by atomic mass is 79.9. The second kappa shape index (κ2) is 6.99. The molecule has 0 aliphatic rings. The second-order valence-electron chi connectivity index (χ2n) is 4.35. The lowest BCUT2D eigenvalue weighted by molar-refractivity contribution is 0.0909. The molecule has 0 aliphatic heterocycles. The Morgan fingerprint density at radius 3 is 2.14 bits per heavy atom. The first kappa shape index (κ1) is 15.9. The number of phenolic OH excluding ortho intramolecular Hbond substituents is 2. The summed E-state index contributed by atoms with van der Waals surface area (Å²) in [6, 6.07) is 6.71. The maximum atomic E-state index is 11.8. The Balaban J connectivity index is 1.78. The smallest absolute Gasteiger partial charge is 0.287 e. The van der Waals surface area contributed by atoms with Gasteiger partial charge >= 0.3 is 0 Å². The average Bonchev–Trinajstić information content (AvgIpc) is 2.88. The largest absolute Gasteiger partial charge is 0.508 e. The van der Waals surface area contributed by atoms with Crippen molar-refractivity contribution in [2.75, 3.05) is 13.1 Å². The number of benzene rings is 1. The van der Waals surface area contributed by atoms with E-state index in [1.54, 1.807) is 6.07 Å². The van der Waals surface area contributed by atoms with E-state index in [-0.39, 0.29) is 35.9 Å². The first-order valence-electron chi connectivity index (χ1n) is 6.30. The third kappa shape index (κ3) is 4.26. The molecule has 0 atom stereocenters. The Hall–Kier alpha value is -2.48. The zero-order valence-corrected chi connectivity index (χ0v) is 12.9. The highest BCUT2D eigenvalue weighted by molar-refractivity contribution is 9.10. The van der Waals surface area contributed by atoms with Crippen molar-refractivity contribution in [3.8, 4) is 11.5 Å². The van der Waals surface area contributed by atoms with Crippen LogP contribution in [0, 0.1) is 0 Å². The molecule has 4 N–H and O–H groups in total.